The Labute approximate surface area is 224 Å². The van der Waals surface area contributed by atoms with Crippen molar-refractivity contribution in [3.05, 3.63) is 132 Å². The molecule has 6 aromatic rings. The summed E-state index contributed by atoms with van der Waals surface area (Å²) in [5.41, 5.74) is 10.6. The van der Waals surface area contributed by atoms with Gasteiger partial charge in [-0.05, 0) is 53.3 Å². The smallest absolute Gasteiger partial charge is 0.110 e. The maximum atomic E-state index is 5.10. The molecule has 6 rings (SSSR count). The van der Waals surface area contributed by atoms with Crippen molar-refractivity contribution in [1.29, 1.82) is 0 Å². The van der Waals surface area contributed by atoms with Gasteiger partial charge in [-0.25, -0.2) is 9.97 Å². The Balaban J connectivity index is 1.34. The van der Waals surface area contributed by atoms with Gasteiger partial charge in [0.15, 0.2) is 0 Å². The number of rotatable bonds is 8. The molecule has 2 aromatic heterocycles. The zero-order valence-electron chi connectivity index (χ0n) is 22.0. The predicted molar refractivity (Wildman–Crippen MR) is 156 cm³/mol. The number of nitrogens with zero attached hydrogens (tertiary/aromatic N) is 4. The minimum Gasteiger partial charge on any atom is -0.332 e. The van der Waals surface area contributed by atoms with Gasteiger partial charge >= 0.3 is 0 Å². The summed E-state index contributed by atoms with van der Waals surface area (Å²) >= 11 is 0. The van der Waals surface area contributed by atoms with Crippen LogP contribution < -0.4 is 0 Å². The maximum absolute atomic E-state index is 5.10. The lowest BCUT2D eigenvalue weighted by Gasteiger charge is -2.11. The Morgan fingerprint density at radius 1 is 0.711 bits per heavy atom. The molecule has 188 valence electrons. The lowest BCUT2D eigenvalue weighted by atomic mass is 10.0. The third-order valence-electron chi connectivity index (χ3n) is 7.14. The van der Waals surface area contributed by atoms with E-state index in [4.69, 9.17) is 9.97 Å². The van der Waals surface area contributed by atoms with Gasteiger partial charge < -0.3 is 9.13 Å². The van der Waals surface area contributed by atoms with Gasteiger partial charge in [-0.1, -0.05) is 91.9 Å². The highest BCUT2D eigenvalue weighted by molar-refractivity contribution is 5.85. The quantitative estimate of drug-likeness (QED) is 0.214. The molecule has 2 heterocycles. The molecule has 0 radical (unpaired) electrons. The summed E-state index contributed by atoms with van der Waals surface area (Å²) in [6.07, 6.45) is 6.09. The normalized spacial score (nSPS) is 11.3. The Morgan fingerprint density at radius 2 is 1.39 bits per heavy atom. The maximum Gasteiger partial charge on any atom is 0.110 e. The summed E-state index contributed by atoms with van der Waals surface area (Å²) < 4.78 is 4.55. The number of benzene rings is 4. The van der Waals surface area contributed by atoms with Gasteiger partial charge in [0.25, 0.3) is 0 Å². The van der Waals surface area contributed by atoms with E-state index >= 15 is 0 Å². The molecule has 0 fully saturated rings. The number of fused-ring (bicyclic) bond motifs is 1. The van der Waals surface area contributed by atoms with Crippen LogP contribution in [0.1, 0.15) is 35.9 Å². The topological polar surface area (TPSA) is 35.6 Å². The lowest BCUT2D eigenvalue weighted by molar-refractivity contribution is 0.722. The standard InChI is InChI=1S/C34H32N4/c1-3-10-33-36-34-25(2)19-30(31-23-37(24-35-31)21-26-11-6-4-7-12-26)20-32(34)38(33)22-27-15-17-29(18-16-27)28-13-8-5-9-14-28/h4-9,11-20,23-24H,3,10,21-22H2,1-2H3. The fourth-order valence-corrected chi connectivity index (χ4v) is 5.19. The van der Waals surface area contributed by atoms with Crippen LogP contribution in [0.3, 0.4) is 0 Å². The molecule has 0 spiro atoms. The molecule has 4 aromatic carbocycles. The van der Waals surface area contributed by atoms with E-state index in [2.05, 4.69) is 126 Å². The Morgan fingerprint density at radius 3 is 2.13 bits per heavy atom. The molecule has 0 unspecified atom stereocenters. The molecule has 0 aliphatic heterocycles. The highest BCUT2D eigenvalue weighted by Gasteiger charge is 2.15. The third kappa shape index (κ3) is 4.90. The monoisotopic (exact) mass is 496 g/mol. The molecule has 0 aliphatic rings. The van der Waals surface area contributed by atoms with E-state index in [-0.39, 0.29) is 0 Å². The minimum absolute atomic E-state index is 0.798. The van der Waals surface area contributed by atoms with Crippen molar-refractivity contribution in [3.63, 3.8) is 0 Å². The Bertz CT molecular complexity index is 1660. The summed E-state index contributed by atoms with van der Waals surface area (Å²) in [5.74, 6) is 1.14. The van der Waals surface area contributed by atoms with Gasteiger partial charge in [-0.15, -0.1) is 0 Å². The van der Waals surface area contributed by atoms with Crippen molar-refractivity contribution in [1.82, 2.24) is 19.1 Å². The van der Waals surface area contributed by atoms with Crippen LogP contribution in [-0.4, -0.2) is 19.1 Å². The number of hydrogen-bond acceptors (Lipinski definition) is 2. The zero-order valence-corrected chi connectivity index (χ0v) is 22.0. The minimum atomic E-state index is 0.798. The highest BCUT2D eigenvalue weighted by Crippen LogP contribution is 2.29. The van der Waals surface area contributed by atoms with Crippen molar-refractivity contribution in [2.24, 2.45) is 0 Å². The zero-order chi connectivity index (χ0) is 25.9. The molecule has 0 amide bonds. The van der Waals surface area contributed by atoms with Gasteiger partial charge in [0.1, 0.15) is 5.82 Å². The summed E-state index contributed by atoms with van der Waals surface area (Å²) in [4.78, 5) is 9.86. The molecule has 0 saturated carbocycles. The van der Waals surface area contributed by atoms with Crippen LogP contribution in [0, 0.1) is 6.92 Å². The SMILES string of the molecule is CCCc1nc2c(C)cc(-c3cn(Cc4ccccc4)cn3)cc2n1Cc1ccc(-c2ccccc2)cc1. The van der Waals surface area contributed by atoms with Crippen molar-refractivity contribution < 1.29 is 0 Å². The lowest BCUT2D eigenvalue weighted by Crippen LogP contribution is -2.05. The fourth-order valence-electron chi connectivity index (χ4n) is 5.19. The second kappa shape index (κ2) is 10.5. The van der Waals surface area contributed by atoms with E-state index in [0.29, 0.717) is 0 Å². The van der Waals surface area contributed by atoms with Crippen LogP contribution in [0.5, 0.6) is 0 Å². The first-order valence-corrected chi connectivity index (χ1v) is 13.4. The van der Waals surface area contributed by atoms with E-state index < -0.39 is 0 Å². The van der Waals surface area contributed by atoms with Crippen molar-refractivity contribution >= 4 is 11.0 Å². The molecule has 4 heteroatoms. The van der Waals surface area contributed by atoms with Gasteiger partial charge in [0.05, 0.1) is 23.1 Å². The van der Waals surface area contributed by atoms with Crippen LogP contribution in [0.4, 0.5) is 0 Å². The molecule has 0 aliphatic carbocycles. The Hall–Kier alpha value is -4.44. The van der Waals surface area contributed by atoms with E-state index in [0.717, 1.165) is 48.5 Å². The summed E-state index contributed by atoms with van der Waals surface area (Å²) in [6.45, 7) is 5.99. The van der Waals surface area contributed by atoms with Crippen LogP contribution in [0.25, 0.3) is 33.4 Å². The molecule has 0 N–H and O–H groups in total. The second-order valence-corrected chi connectivity index (χ2v) is 10.0. The average Bonchev–Trinajstić information content (AvgIpc) is 3.56. The van der Waals surface area contributed by atoms with Crippen LogP contribution in [0.15, 0.2) is 110 Å². The first-order chi connectivity index (χ1) is 18.7. The molecular weight excluding hydrogens is 464 g/mol. The van der Waals surface area contributed by atoms with Gasteiger partial charge in [0, 0.05) is 31.3 Å². The van der Waals surface area contributed by atoms with Crippen LogP contribution in [0.2, 0.25) is 0 Å². The van der Waals surface area contributed by atoms with Crippen molar-refractivity contribution in [3.8, 4) is 22.4 Å². The van der Waals surface area contributed by atoms with E-state index in [1.807, 2.05) is 6.33 Å². The van der Waals surface area contributed by atoms with Gasteiger partial charge in [-0.3, -0.25) is 0 Å². The molecule has 0 atom stereocenters. The molecule has 4 nitrogen and oxygen atoms in total. The average molecular weight is 497 g/mol. The predicted octanol–water partition coefficient (Wildman–Crippen LogP) is 7.92. The molecular formula is C34H32N4. The second-order valence-electron chi connectivity index (χ2n) is 10.0. The summed E-state index contributed by atoms with van der Waals surface area (Å²) in [5, 5.41) is 0. The van der Waals surface area contributed by atoms with Gasteiger partial charge in [-0.2, -0.15) is 0 Å². The number of hydrogen-bond donors (Lipinski definition) is 0. The number of aryl methyl sites for hydroxylation is 2. The number of imidazole rings is 2. The van der Waals surface area contributed by atoms with Crippen molar-refractivity contribution in [2.75, 3.05) is 0 Å². The largest absolute Gasteiger partial charge is 0.332 e. The Kier molecular flexibility index (Phi) is 6.62. The summed E-state index contributed by atoms with van der Waals surface area (Å²) in [6, 6.07) is 34.5. The first kappa shape index (κ1) is 23.9. The molecule has 0 bridgehead atoms. The van der Waals surface area contributed by atoms with E-state index in [1.165, 1.54) is 33.3 Å². The highest BCUT2D eigenvalue weighted by atomic mass is 15.1. The molecule has 0 saturated heterocycles. The van der Waals surface area contributed by atoms with E-state index in [1.54, 1.807) is 0 Å². The molecule has 38 heavy (non-hydrogen) atoms. The van der Waals surface area contributed by atoms with E-state index in [9.17, 15) is 0 Å². The van der Waals surface area contributed by atoms with Gasteiger partial charge in [0.2, 0.25) is 0 Å². The van der Waals surface area contributed by atoms with Crippen LogP contribution >= 0.6 is 0 Å². The number of aromatic nitrogens is 4. The first-order valence-electron chi connectivity index (χ1n) is 13.4. The van der Waals surface area contributed by atoms with Crippen LogP contribution in [-0.2, 0) is 19.5 Å². The third-order valence-corrected chi connectivity index (χ3v) is 7.14. The van der Waals surface area contributed by atoms with Crippen molar-refractivity contribution in [2.45, 2.75) is 39.8 Å². The fraction of sp³-hybridized carbons (Fsp3) is 0.176. The summed E-state index contributed by atoms with van der Waals surface area (Å²) in [7, 11) is 0.